The second kappa shape index (κ2) is 4.56. The minimum atomic E-state index is -3.06. The Labute approximate surface area is 104 Å². The highest BCUT2D eigenvalue weighted by molar-refractivity contribution is 7.91. The Balaban J connectivity index is 2.11. The summed E-state index contributed by atoms with van der Waals surface area (Å²) in [5, 5.41) is 2.55. The summed E-state index contributed by atoms with van der Waals surface area (Å²) in [6.45, 7) is 0. The molecule has 1 saturated heterocycles. The summed E-state index contributed by atoms with van der Waals surface area (Å²) in [6.07, 6.45) is 0.378. The van der Waals surface area contributed by atoms with Crippen LogP contribution in [0.4, 0.5) is 10.1 Å². The number of benzene rings is 1. The van der Waals surface area contributed by atoms with E-state index in [0.29, 0.717) is 6.42 Å². The molecule has 2 rings (SSSR count). The molecule has 7 heteroatoms. The van der Waals surface area contributed by atoms with E-state index in [2.05, 4.69) is 5.32 Å². The zero-order valence-electron chi connectivity index (χ0n) is 9.52. The Hall–Kier alpha value is -1.63. The van der Waals surface area contributed by atoms with Crippen molar-refractivity contribution >= 4 is 21.4 Å². The molecule has 0 saturated carbocycles. The third kappa shape index (κ3) is 2.61. The Morgan fingerprint density at radius 3 is 2.78 bits per heavy atom. The number of anilines is 1. The van der Waals surface area contributed by atoms with Crippen molar-refractivity contribution in [3.63, 3.8) is 0 Å². The number of rotatable bonds is 2. The second-order valence-corrected chi connectivity index (χ2v) is 6.50. The molecule has 18 heavy (non-hydrogen) atoms. The molecule has 3 N–H and O–H groups in total. The topological polar surface area (TPSA) is 89.3 Å². The predicted molar refractivity (Wildman–Crippen MR) is 65.3 cm³/mol. The highest BCUT2D eigenvalue weighted by Gasteiger charge is 2.29. The predicted octanol–water partition coefficient (Wildman–Crippen LogP) is 0.325. The molecule has 0 radical (unpaired) electrons. The van der Waals surface area contributed by atoms with Gasteiger partial charge in [0.1, 0.15) is 5.82 Å². The van der Waals surface area contributed by atoms with E-state index in [9.17, 15) is 17.6 Å². The van der Waals surface area contributed by atoms with Crippen LogP contribution in [0.25, 0.3) is 0 Å². The number of amides is 1. The SMILES string of the molecule is Nc1c(F)cccc1C(=O)NC1CCS(=O)(=O)C1. The summed E-state index contributed by atoms with van der Waals surface area (Å²) in [7, 11) is -3.06. The fourth-order valence-corrected chi connectivity index (χ4v) is 3.58. The highest BCUT2D eigenvalue weighted by Crippen LogP contribution is 2.17. The van der Waals surface area contributed by atoms with Crippen molar-refractivity contribution in [3.05, 3.63) is 29.6 Å². The zero-order valence-corrected chi connectivity index (χ0v) is 10.3. The molecule has 1 heterocycles. The van der Waals surface area contributed by atoms with Crippen LogP contribution < -0.4 is 11.1 Å². The molecule has 0 spiro atoms. The fraction of sp³-hybridized carbons (Fsp3) is 0.364. The Bertz CT molecular complexity index is 586. The molecule has 1 aliphatic heterocycles. The van der Waals surface area contributed by atoms with E-state index in [0.717, 1.165) is 6.07 Å². The first kappa shape index (κ1) is 12.8. The van der Waals surface area contributed by atoms with Gasteiger partial charge in [0, 0.05) is 6.04 Å². The summed E-state index contributed by atoms with van der Waals surface area (Å²) in [4.78, 5) is 11.8. The number of hydrogen-bond acceptors (Lipinski definition) is 4. The van der Waals surface area contributed by atoms with Crippen molar-refractivity contribution in [2.24, 2.45) is 0 Å². The van der Waals surface area contributed by atoms with Gasteiger partial charge >= 0.3 is 0 Å². The van der Waals surface area contributed by atoms with Gasteiger partial charge in [-0.3, -0.25) is 4.79 Å². The molecule has 0 aliphatic carbocycles. The van der Waals surface area contributed by atoms with Gasteiger partial charge < -0.3 is 11.1 Å². The monoisotopic (exact) mass is 272 g/mol. The van der Waals surface area contributed by atoms with Crippen LogP contribution >= 0.6 is 0 Å². The number of nitrogens with two attached hydrogens (primary N) is 1. The van der Waals surface area contributed by atoms with E-state index in [-0.39, 0.29) is 22.8 Å². The summed E-state index contributed by atoms with van der Waals surface area (Å²) < 4.78 is 35.7. The second-order valence-electron chi connectivity index (χ2n) is 4.27. The van der Waals surface area contributed by atoms with Crippen LogP contribution in [0.1, 0.15) is 16.8 Å². The minimum Gasteiger partial charge on any atom is -0.396 e. The van der Waals surface area contributed by atoms with Gasteiger partial charge in [-0.25, -0.2) is 12.8 Å². The van der Waals surface area contributed by atoms with Gasteiger partial charge in [-0.05, 0) is 18.6 Å². The number of sulfone groups is 1. The van der Waals surface area contributed by atoms with Crippen molar-refractivity contribution in [1.82, 2.24) is 5.32 Å². The molecule has 0 bridgehead atoms. The van der Waals surface area contributed by atoms with Gasteiger partial charge in [0.25, 0.3) is 5.91 Å². The molecule has 1 unspecified atom stereocenters. The Kier molecular flexibility index (Phi) is 3.25. The number of hydrogen-bond donors (Lipinski definition) is 2. The van der Waals surface area contributed by atoms with Crippen LogP contribution in [-0.2, 0) is 9.84 Å². The van der Waals surface area contributed by atoms with Crippen LogP contribution in [0, 0.1) is 5.82 Å². The molecule has 98 valence electrons. The summed E-state index contributed by atoms with van der Waals surface area (Å²) in [6, 6.07) is 3.51. The first-order valence-electron chi connectivity index (χ1n) is 5.44. The highest BCUT2D eigenvalue weighted by atomic mass is 32.2. The van der Waals surface area contributed by atoms with Gasteiger partial charge in [0.05, 0.1) is 22.8 Å². The molecule has 5 nitrogen and oxygen atoms in total. The molecule has 1 aromatic rings. The quantitative estimate of drug-likeness (QED) is 0.759. The fourth-order valence-electron chi connectivity index (χ4n) is 1.91. The number of nitrogen functional groups attached to an aromatic ring is 1. The van der Waals surface area contributed by atoms with E-state index in [1.165, 1.54) is 12.1 Å². The maximum absolute atomic E-state index is 13.2. The van der Waals surface area contributed by atoms with Crippen LogP contribution in [0.5, 0.6) is 0 Å². The molecule has 0 aromatic heterocycles. The molecule has 1 amide bonds. The van der Waals surface area contributed by atoms with Gasteiger partial charge in [0.2, 0.25) is 0 Å². The van der Waals surface area contributed by atoms with Crippen LogP contribution in [0.2, 0.25) is 0 Å². The maximum Gasteiger partial charge on any atom is 0.253 e. The molecular weight excluding hydrogens is 259 g/mol. The first-order chi connectivity index (χ1) is 8.39. The largest absolute Gasteiger partial charge is 0.396 e. The van der Waals surface area contributed by atoms with Crippen molar-refractivity contribution in [2.75, 3.05) is 17.2 Å². The third-order valence-corrected chi connectivity index (χ3v) is 4.63. The average Bonchev–Trinajstić information content (AvgIpc) is 2.62. The lowest BCUT2D eigenvalue weighted by Gasteiger charge is -2.12. The van der Waals surface area contributed by atoms with E-state index in [1.807, 2.05) is 0 Å². The lowest BCUT2D eigenvalue weighted by atomic mass is 10.1. The molecule has 1 fully saturated rings. The van der Waals surface area contributed by atoms with Crippen LogP contribution in [0.3, 0.4) is 0 Å². The lowest BCUT2D eigenvalue weighted by molar-refractivity contribution is 0.0941. The lowest BCUT2D eigenvalue weighted by Crippen LogP contribution is -2.36. The first-order valence-corrected chi connectivity index (χ1v) is 7.26. The van der Waals surface area contributed by atoms with Gasteiger partial charge in [-0.2, -0.15) is 0 Å². The van der Waals surface area contributed by atoms with Crippen molar-refractivity contribution < 1.29 is 17.6 Å². The number of halogens is 1. The van der Waals surface area contributed by atoms with E-state index in [4.69, 9.17) is 5.73 Å². The Morgan fingerprint density at radius 1 is 1.44 bits per heavy atom. The van der Waals surface area contributed by atoms with Gasteiger partial charge in [-0.1, -0.05) is 6.07 Å². The van der Waals surface area contributed by atoms with Crippen LogP contribution in [0.15, 0.2) is 18.2 Å². The normalized spacial score (nSPS) is 21.7. The van der Waals surface area contributed by atoms with Gasteiger partial charge in [0.15, 0.2) is 9.84 Å². The van der Waals surface area contributed by atoms with E-state index in [1.54, 1.807) is 0 Å². The number of carbonyl (C=O) groups is 1. The molecular formula is C11H13FN2O3S. The summed E-state index contributed by atoms with van der Waals surface area (Å²) in [5.41, 5.74) is 5.26. The molecule has 1 atom stereocenters. The summed E-state index contributed by atoms with van der Waals surface area (Å²) in [5.74, 6) is -1.22. The smallest absolute Gasteiger partial charge is 0.253 e. The van der Waals surface area contributed by atoms with Crippen molar-refractivity contribution in [1.29, 1.82) is 0 Å². The molecule has 1 aliphatic rings. The average molecular weight is 272 g/mol. The van der Waals surface area contributed by atoms with Crippen molar-refractivity contribution in [2.45, 2.75) is 12.5 Å². The van der Waals surface area contributed by atoms with E-state index >= 15 is 0 Å². The van der Waals surface area contributed by atoms with Crippen LogP contribution in [-0.4, -0.2) is 31.9 Å². The number of nitrogens with one attached hydrogen (secondary N) is 1. The number of carbonyl (C=O) groups excluding carboxylic acids is 1. The van der Waals surface area contributed by atoms with Crippen molar-refractivity contribution in [3.8, 4) is 0 Å². The Morgan fingerprint density at radius 2 is 2.17 bits per heavy atom. The van der Waals surface area contributed by atoms with E-state index < -0.39 is 27.6 Å². The zero-order chi connectivity index (χ0) is 13.3. The molecule has 1 aromatic carbocycles. The minimum absolute atomic E-state index is 0.0271. The maximum atomic E-state index is 13.2. The standard InChI is InChI=1S/C11H13FN2O3S/c12-9-3-1-2-8(10(9)13)11(15)14-7-4-5-18(16,17)6-7/h1-3,7H,4-6,13H2,(H,14,15). The van der Waals surface area contributed by atoms with Gasteiger partial charge in [-0.15, -0.1) is 0 Å². The summed E-state index contributed by atoms with van der Waals surface area (Å²) >= 11 is 0. The third-order valence-electron chi connectivity index (χ3n) is 2.87. The number of para-hydroxylation sites is 1.